The molecule has 1 rings (SSSR count). The van der Waals surface area contributed by atoms with E-state index in [0.29, 0.717) is 37.2 Å². The third kappa shape index (κ3) is 32.5. The van der Waals surface area contributed by atoms with E-state index in [-0.39, 0.29) is 25.2 Å². The van der Waals surface area contributed by atoms with Crippen LogP contribution in [0.5, 0.6) is 0 Å². The number of carbonyl (C=O) groups is 4. The molecule has 7 nitrogen and oxygen atoms in total. The molecule has 0 atom stereocenters. The van der Waals surface area contributed by atoms with Gasteiger partial charge in [-0.15, -0.1) is 0 Å². The fraction of sp³-hybridized carbons (Fsp3) is 0.796. The van der Waals surface area contributed by atoms with E-state index in [9.17, 15) is 19.2 Å². The number of ether oxygens (including phenoxy) is 2. The predicted octanol–water partition coefficient (Wildman–Crippen LogP) is 13.5. The van der Waals surface area contributed by atoms with E-state index >= 15 is 0 Å². The van der Waals surface area contributed by atoms with Gasteiger partial charge in [0.05, 0.1) is 0 Å². The molecule has 0 bridgehead atoms. The Bertz CT molecular complexity index is 1070. The lowest BCUT2D eigenvalue weighted by Gasteiger charge is -2.14. The second-order valence-corrected chi connectivity index (χ2v) is 16.8. The average Bonchev–Trinajstić information content (AvgIpc) is 3.17. The molecule has 7 heteroatoms. The van der Waals surface area contributed by atoms with Gasteiger partial charge in [0.2, 0.25) is 0 Å². The molecule has 1 aromatic rings. The standard InChI is InChI=1S/C49H85NO6/c1-5-7-9-11-13-19-25-31-46(51)33-27-21-15-17-23-29-35-48(53)55-41-44-37-43(40-50(3)4)38-45(39-44)42-56-49(54)36-30-24-18-16-22-28-34-47(52)32-26-20-14-12-10-8-6-2/h37-39H,5-36,40-42H2,1-4H3. The molecule has 0 aromatic heterocycles. The minimum absolute atomic E-state index is 0.181. The van der Waals surface area contributed by atoms with Crippen molar-refractivity contribution in [1.29, 1.82) is 0 Å². The molecule has 0 unspecified atom stereocenters. The van der Waals surface area contributed by atoms with E-state index in [1.165, 1.54) is 77.0 Å². The van der Waals surface area contributed by atoms with Crippen LogP contribution in [0.4, 0.5) is 0 Å². The third-order valence-electron chi connectivity index (χ3n) is 10.7. The van der Waals surface area contributed by atoms with Crippen molar-refractivity contribution < 1.29 is 28.7 Å². The van der Waals surface area contributed by atoms with Gasteiger partial charge in [0.15, 0.2) is 0 Å². The summed E-state index contributed by atoms with van der Waals surface area (Å²) < 4.78 is 11.3. The SMILES string of the molecule is CCCCCCCCCC(=O)CCCCCCCCC(=O)OCc1cc(COC(=O)CCCCCCCCC(=O)CCCCCCCCC)cc(CN(C)C)c1. The fourth-order valence-corrected chi connectivity index (χ4v) is 7.34. The summed E-state index contributed by atoms with van der Waals surface area (Å²) in [5.41, 5.74) is 2.91. The Morgan fingerprint density at radius 3 is 0.964 bits per heavy atom. The summed E-state index contributed by atoms with van der Waals surface area (Å²) in [5, 5.41) is 0. The molecular weight excluding hydrogens is 699 g/mol. The Morgan fingerprint density at radius 1 is 0.393 bits per heavy atom. The summed E-state index contributed by atoms with van der Waals surface area (Å²) in [6.07, 6.45) is 33.3. The summed E-state index contributed by atoms with van der Waals surface area (Å²) >= 11 is 0. The molecule has 0 aliphatic heterocycles. The van der Waals surface area contributed by atoms with E-state index in [4.69, 9.17) is 9.47 Å². The second kappa shape index (κ2) is 36.8. The van der Waals surface area contributed by atoms with Gasteiger partial charge >= 0.3 is 11.9 Å². The van der Waals surface area contributed by atoms with Gasteiger partial charge in [-0.25, -0.2) is 0 Å². The Morgan fingerprint density at radius 2 is 0.661 bits per heavy atom. The van der Waals surface area contributed by atoms with Gasteiger partial charge in [0.25, 0.3) is 0 Å². The molecule has 0 amide bonds. The minimum Gasteiger partial charge on any atom is -0.461 e. The zero-order chi connectivity index (χ0) is 40.9. The quantitative estimate of drug-likeness (QED) is 0.0483. The van der Waals surface area contributed by atoms with E-state index in [2.05, 4.69) is 30.9 Å². The lowest BCUT2D eigenvalue weighted by molar-refractivity contribution is -0.145. The van der Waals surface area contributed by atoms with Gasteiger partial charge in [0.1, 0.15) is 24.8 Å². The first-order chi connectivity index (χ1) is 27.2. The minimum atomic E-state index is -0.181. The number of carbonyl (C=O) groups excluding carboxylic acids is 4. The highest BCUT2D eigenvalue weighted by Gasteiger charge is 2.10. The Balaban J connectivity index is 2.18. The molecule has 0 spiro atoms. The highest BCUT2D eigenvalue weighted by Crippen LogP contribution is 2.18. The van der Waals surface area contributed by atoms with E-state index in [1.54, 1.807) is 0 Å². The molecule has 0 saturated heterocycles. The largest absolute Gasteiger partial charge is 0.461 e. The first kappa shape index (κ1) is 51.5. The van der Waals surface area contributed by atoms with Crippen LogP contribution in [0.15, 0.2) is 18.2 Å². The zero-order valence-corrected chi connectivity index (χ0v) is 36.9. The number of unbranched alkanes of at least 4 members (excludes halogenated alkanes) is 22. The van der Waals surface area contributed by atoms with Crippen LogP contribution in [0.3, 0.4) is 0 Å². The first-order valence-electron chi connectivity index (χ1n) is 23.3. The fourth-order valence-electron chi connectivity index (χ4n) is 7.34. The van der Waals surface area contributed by atoms with Crippen molar-refractivity contribution in [2.75, 3.05) is 14.1 Å². The maximum Gasteiger partial charge on any atom is 0.306 e. The maximum absolute atomic E-state index is 12.5. The highest BCUT2D eigenvalue weighted by molar-refractivity contribution is 5.78. The average molecular weight is 784 g/mol. The number of nitrogens with zero attached hydrogens (tertiary/aromatic N) is 1. The highest BCUT2D eigenvalue weighted by atomic mass is 16.5. The Labute approximate surface area is 344 Å². The third-order valence-corrected chi connectivity index (χ3v) is 10.7. The van der Waals surface area contributed by atoms with E-state index < -0.39 is 0 Å². The van der Waals surface area contributed by atoms with Crippen molar-refractivity contribution in [2.45, 2.75) is 239 Å². The number of Topliss-reactive ketones (excluding diaryl/α,β-unsaturated/α-hetero) is 2. The van der Waals surface area contributed by atoms with Crippen molar-refractivity contribution in [3.05, 3.63) is 34.9 Å². The van der Waals surface area contributed by atoms with E-state index in [1.807, 2.05) is 20.2 Å². The maximum atomic E-state index is 12.5. The molecule has 0 saturated carbocycles. The summed E-state index contributed by atoms with van der Waals surface area (Å²) in [6.45, 7) is 5.63. The van der Waals surface area contributed by atoms with Gasteiger partial charge < -0.3 is 14.4 Å². The zero-order valence-electron chi connectivity index (χ0n) is 36.9. The van der Waals surface area contributed by atoms with Crippen LogP contribution < -0.4 is 0 Å². The monoisotopic (exact) mass is 784 g/mol. The Hall–Kier alpha value is -2.54. The molecule has 0 aliphatic rings. The second-order valence-electron chi connectivity index (χ2n) is 16.8. The summed E-state index contributed by atoms with van der Waals surface area (Å²) in [4.78, 5) is 51.4. The predicted molar refractivity (Wildman–Crippen MR) is 233 cm³/mol. The smallest absolute Gasteiger partial charge is 0.306 e. The van der Waals surface area contributed by atoms with Gasteiger partial charge in [-0.05, 0) is 75.4 Å². The molecule has 0 radical (unpaired) electrons. The van der Waals surface area contributed by atoms with Crippen molar-refractivity contribution >= 4 is 23.5 Å². The molecule has 322 valence electrons. The first-order valence-corrected chi connectivity index (χ1v) is 23.3. The Kier molecular flexibility index (Phi) is 33.8. The van der Waals surface area contributed by atoms with Crippen LogP contribution in [0.25, 0.3) is 0 Å². The van der Waals surface area contributed by atoms with Gasteiger partial charge in [-0.3, -0.25) is 19.2 Å². The number of benzene rings is 1. The lowest BCUT2D eigenvalue weighted by atomic mass is 10.0. The van der Waals surface area contributed by atoms with Crippen LogP contribution in [0.1, 0.15) is 236 Å². The van der Waals surface area contributed by atoms with E-state index in [0.717, 1.165) is 126 Å². The lowest BCUT2D eigenvalue weighted by Crippen LogP contribution is -2.12. The van der Waals surface area contributed by atoms with Crippen LogP contribution in [0, 0.1) is 0 Å². The summed E-state index contributed by atoms with van der Waals surface area (Å²) in [5.74, 6) is 0.480. The van der Waals surface area contributed by atoms with Gasteiger partial charge in [-0.2, -0.15) is 0 Å². The molecule has 0 heterocycles. The van der Waals surface area contributed by atoms with Crippen molar-refractivity contribution in [2.24, 2.45) is 0 Å². The molecule has 0 N–H and O–H groups in total. The van der Waals surface area contributed by atoms with Crippen molar-refractivity contribution in [3.8, 4) is 0 Å². The number of esters is 2. The summed E-state index contributed by atoms with van der Waals surface area (Å²) in [7, 11) is 4.03. The molecule has 56 heavy (non-hydrogen) atoms. The topological polar surface area (TPSA) is 90.0 Å². The van der Waals surface area contributed by atoms with Crippen LogP contribution in [0.2, 0.25) is 0 Å². The normalized spacial score (nSPS) is 11.3. The van der Waals surface area contributed by atoms with Crippen LogP contribution >= 0.6 is 0 Å². The van der Waals surface area contributed by atoms with Crippen molar-refractivity contribution in [1.82, 2.24) is 4.90 Å². The van der Waals surface area contributed by atoms with Crippen LogP contribution in [-0.2, 0) is 48.4 Å². The molecule has 0 fully saturated rings. The van der Waals surface area contributed by atoms with Crippen molar-refractivity contribution in [3.63, 3.8) is 0 Å². The van der Waals surface area contributed by atoms with Crippen LogP contribution in [-0.4, -0.2) is 42.5 Å². The molecule has 1 aromatic carbocycles. The van der Waals surface area contributed by atoms with Gasteiger partial charge in [0, 0.05) is 45.1 Å². The number of hydrogen-bond acceptors (Lipinski definition) is 7. The number of rotatable bonds is 40. The molecule has 0 aliphatic carbocycles. The van der Waals surface area contributed by atoms with Gasteiger partial charge in [-0.1, -0.05) is 154 Å². The molecular formula is C49H85NO6. The summed E-state index contributed by atoms with van der Waals surface area (Å²) in [6, 6.07) is 6.09. The number of ketones is 2. The number of hydrogen-bond donors (Lipinski definition) is 0.